The number of rotatable bonds is 13. The minimum Gasteiger partial charge on any atom is -1.00 e. The van der Waals surface area contributed by atoms with Crippen LogP contribution in [-0.4, -0.2) is 4.57 Å². The van der Waals surface area contributed by atoms with E-state index in [1.54, 1.807) is 0 Å². The number of aryl methyl sites for hydroxylation is 2. The van der Waals surface area contributed by atoms with Gasteiger partial charge in [-0.15, -0.1) is 0 Å². The lowest BCUT2D eigenvalue weighted by atomic mass is 10.1. The molecule has 0 aliphatic carbocycles. The molecule has 0 spiro atoms. The molecule has 0 unspecified atom stereocenters. The van der Waals surface area contributed by atoms with Crippen molar-refractivity contribution in [1.82, 2.24) is 4.57 Å². The van der Waals surface area contributed by atoms with Gasteiger partial charge in [-0.2, -0.15) is 0 Å². The van der Waals surface area contributed by atoms with E-state index in [9.17, 15) is 0 Å². The third-order valence-corrected chi connectivity index (χ3v) is 4.09. The zero-order chi connectivity index (χ0) is 14.5. The van der Waals surface area contributed by atoms with Crippen molar-refractivity contribution >= 4 is 0 Å². The maximum Gasteiger partial charge on any atom is 0.243 e. The molecule has 21 heavy (non-hydrogen) atoms. The molecule has 1 aromatic heterocycles. The number of hydrogen-bond acceptors (Lipinski definition) is 0. The van der Waals surface area contributed by atoms with Crippen LogP contribution >= 0.6 is 0 Å². The minimum atomic E-state index is 0. The van der Waals surface area contributed by atoms with E-state index in [4.69, 9.17) is 0 Å². The highest BCUT2D eigenvalue weighted by Gasteiger charge is 1.99. The number of aromatic nitrogens is 2. The predicted octanol–water partition coefficient (Wildman–Crippen LogP) is 2.02. The summed E-state index contributed by atoms with van der Waals surface area (Å²) in [5, 5.41) is 0. The van der Waals surface area contributed by atoms with E-state index in [0.717, 1.165) is 0 Å². The fourth-order valence-corrected chi connectivity index (χ4v) is 2.77. The summed E-state index contributed by atoms with van der Waals surface area (Å²) >= 11 is 0. The van der Waals surface area contributed by atoms with Gasteiger partial charge in [-0.3, -0.25) is 0 Å². The van der Waals surface area contributed by atoms with Gasteiger partial charge in [0.2, 0.25) is 6.33 Å². The van der Waals surface area contributed by atoms with Crippen molar-refractivity contribution < 1.29 is 21.5 Å². The Bertz CT molecular complexity index is 323. The average molecular weight is 359 g/mol. The Labute approximate surface area is 142 Å². The first kappa shape index (κ1) is 20.7. The zero-order valence-corrected chi connectivity index (χ0v) is 15.8. The fourth-order valence-electron chi connectivity index (χ4n) is 2.77. The summed E-state index contributed by atoms with van der Waals surface area (Å²) in [6.07, 6.45) is 23.6. The second-order valence-electron chi connectivity index (χ2n) is 6.21. The Morgan fingerprint density at radius 1 is 0.762 bits per heavy atom. The van der Waals surface area contributed by atoms with E-state index in [2.05, 4.69) is 41.8 Å². The molecule has 2 nitrogen and oxygen atoms in total. The first-order valence-electron chi connectivity index (χ1n) is 8.84. The molecule has 1 heterocycles. The first-order valence-corrected chi connectivity index (χ1v) is 8.84. The topological polar surface area (TPSA) is 8.81 Å². The molecule has 3 heteroatoms. The standard InChI is InChI=1S/C18H35N2.BrH/c1-3-4-5-6-7-8-9-10-11-12-13-14-15-20-17-16-19(2)18-20;/h16-18H,3-15H2,1-2H3;1H/q+1;/p-1. The Kier molecular flexibility index (Phi) is 14.4. The van der Waals surface area contributed by atoms with Gasteiger partial charge in [-0.25, -0.2) is 9.13 Å². The van der Waals surface area contributed by atoms with Crippen LogP contribution in [0.1, 0.15) is 84.0 Å². The summed E-state index contributed by atoms with van der Waals surface area (Å²) in [7, 11) is 2.08. The van der Waals surface area contributed by atoms with E-state index < -0.39 is 0 Å². The highest BCUT2D eigenvalue weighted by Crippen LogP contribution is 2.12. The van der Waals surface area contributed by atoms with Gasteiger partial charge in [-0.1, -0.05) is 71.1 Å². The fraction of sp³-hybridized carbons (Fsp3) is 0.833. The van der Waals surface area contributed by atoms with E-state index in [1.807, 2.05) is 0 Å². The van der Waals surface area contributed by atoms with Crippen LogP contribution in [0.4, 0.5) is 0 Å². The predicted molar refractivity (Wildman–Crippen MR) is 86.7 cm³/mol. The highest BCUT2D eigenvalue weighted by atomic mass is 79.9. The van der Waals surface area contributed by atoms with Gasteiger partial charge in [-0.05, 0) is 12.8 Å². The van der Waals surface area contributed by atoms with Crippen LogP contribution in [0.5, 0.6) is 0 Å². The number of unbranched alkanes of at least 4 members (excludes halogenated alkanes) is 11. The van der Waals surface area contributed by atoms with Crippen LogP contribution < -0.4 is 21.5 Å². The van der Waals surface area contributed by atoms with Crippen LogP contribution in [0.25, 0.3) is 0 Å². The number of imidazole rings is 1. The molecule has 0 amide bonds. The molecule has 0 saturated heterocycles. The van der Waals surface area contributed by atoms with Gasteiger partial charge < -0.3 is 17.0 Å². The van der Waals surface area contributed by atoms with Crippen molar-refractivity contribution in [1.29, 1.82) is 0 Å². The molecule has 0 aliphatic rings. The van der Waals surface area contributed by atoms with Crippen LogP contribution in [0, 0.1) is 0 Å². The Balaban J connectivity index is 0.00000400. The lowest BCUT2D eigenvalue weighted by molar-refractivity contribution is -0.671. The van der Waals surface area contributed by atoms with Crippen molar-refractivity contribution in [2.75, 3.05) is 0 Å². The molecule has 0 aliphatic heterocycles. The molecule has 0 N–H and O–H groups in total. The van der Waals surface area contributed by atoms with Crippen molar-refractivity contribution in [3.05, 3.63) is 18.7 Å². The molecule has 1 rings (SSSR count). The van der Waals surface area contributed by atoms with E-state index in [-0.39, 0.29) is 17.0 Å². The second kappa shape index (κ2) is 14.6. The summed E-state index contributed by atoms with van der Waals surface area (Å²) in [4.78, 5) is 0. The Hall–Kier alpha value is -0.310. The van der Waals surface area contributed by atoms with Crippen LogP contribution in [0.2, 0.25) is 0 Å². The Morgan fingerprint density at radius 2 is 1.24 bits per heavy atom. The molecule has 0 saturated carbocycles. The third-order valence-electron chi connectivity index (χ3n) is 4.09. The van der Waals surface area contributed by atoms with Crippen LogP contribution in [-0.2, 0) is 13.6 Å². The van der Waals surface area contributed by atoms with Crippen molar-refractivity contribution in [3.8, 4) is 0 Å². The molecular weight excluding hydrogens is 324 g/mol. The van der Waals surface area contributed by atoms with E-state index >= 15 is 0 Å². The van der Waals surface area contributed by atoms with E-state index in [1.165, 1.54) is 83.6 Å². The number of halogens is 1. The molecule has 124 valence electrons. The molecule has 0 atom stereocenters. The van der Waals surface area contributed by atoms with Gasteiger partial charge in [0.15, 0.2) is 0 Å². The second-order valence-corrected chi connectivity index (χ2v) is 6.21. The van der Waals surface area contributed by atoms with Gasteiger partial charge in [0.25, 0.3) is 0 Å². The molecule has 0 aromatic carbocycles. The summed E-state index contributed by atoms with van der Waals surface area (Å²) in [6, 6.07) is 0. The van der Waals surface area contributed by atoms with Crippen molar-refractivity contribution in [3.63, 3.8) is 0 Å². The van der Waals surface area contributed by atoms with Gasteiger partial charge in [0, 0.05) is 0 Å². The highest BCUT2D eigenvalue weighted by molar-refractivity contribution is 4.65. The maximum atomic E-state index is 2.29. The quantitative estimate of drug-likeness (QED) is 0.376. The smallest absolute Gasteiger partial charge is 0.243 e. The number of hydrogen-bond donors (Lipinski definition) is 0. The van der Waals surface area contributed by atoms with Gasteiger partial charge in [0.05, 0.1) is 13.6 Å². The maximum absolute atomic E-state index is 2.29. The average Bonchev–Trinajstić information content (AvgIpc) is 2.86. The molecule has 0 radical (unpaired) electrons. The van der Waals surface area contributed by atoms with Crippen molar-refractivity contribution in [2.45, 2.75) is 90.5 Å². The molecular formula is C18H35BrN2. The summed E-state index contributed by atoms with van der Waals surface area (Å²) in [5.41, 5.74) is 0. The lowest BCUT2D eigenvalue weighted by Gasteiger charge is -2.02. The normalized spacial score (nSPS) is 10.6. The monoisotopic (exact) mass is 358 g/mol. The Morgan fingerprint density at radius 3 is 1.67 bits per heavy atom. The van der Waals surface area contributed by atoms with Crippen molar-refractivity contribution in [2.24, 2.45) is 7.05 Å². The van der Waals surface area contributed by atoms with Gasteiger partial charge >= 0.3 is 0 Å². The SMILES string of the molecule is CCCCCCCCCCCCCCn1cc[n+](C)c1.[Br-]. The molecule has 0 bridgehead atoms. The minimum absolute atomic E-state index is 0. The molecule has 0 fully saturated rings. The van der Waals surface area contributed by atoms with E-state index in [0.29, 0.717) is 0 Å². The van der Waals surface area contributed by atoms with Crippen LogP contribution in [0.3, 0.4) is 0 Å². The molecule has 1 aromatic rings. The summed E-state index contributed by atoms with van der Waals surface area (Å²) < 4.78 is 4.40. The zero-order valence-electron chi connectivity index (χ0n) is 14.2. The first-order chi connectivity index (χ1) is 9.83. The van der Waals surface area contributed by atoms with Gasteiger partial charge in [0.1, 0.15) is 12.4 Å². The third kappa shape index (κ3) is 12.0. The summed E-state index contributed by atoms with van der Waals surface area (Å²) in [6.45, 7) is 3.47. The lowest BCUT2D eigenvalue weighted by Crippen LogP contribution is -3.00. The largest absolute Gasteiger partial charge is 1.00 e. The van der Waals surface area contributed by atoms with Crippen LogP contribution in [0.15, 0.2) is 18.7 Å². The number of nitrogens with zero attached hydrogens (tertiary/aromatic N) is 2. The summed E-state index contributed by atoms with van der Waals surface area (Å²) in [5.74, 6) is 0.